The molecule has 0 aliphatic rings. The summed E-state index contributed by atoms with van der Waals surface area (Å²) in [5.74, 6) is -0.115. The number of anilines is 2. The van der Waals surface area contributed by atoms with Crippen LogP contribution in [0.4, 0.5) is 11.4 Å². The Morgan fingerprint density at radius 3 is 2.55 bits per heavy atom. The number of benzene rings is 2. The largest absolute Gasteiger partial charge is 0.387 e. The number of halogens is 1. The second kappa shape index (κ2) is 6.09. The van der Waals surface area contributed by atoms with Crippen molar-refractivity contribution in [2.24, 2.45) is 0 Å². The highest BCUT2D eigenvalue weighted by molar-refractivity contribution is 9.10. The van der Waals surface area contributed by atoms with Crippen LogP contribution in [0.5, 0.6) is 0 Å². The van der Waals surface area contributed by atoms with Gasteiger partial charge in [0.2, 0.25) is 0 Å². The van der Waals surface area contributed by atoms with Crippen LogP contribution in [0.15, 0.2) is 40.9 Å². The molecule has 0 atom stereocenters. The van der Waals surface area contributed by atoms with Crippen LogP contribution in [-0.2, 0) is 0 Å². The molecule has 0 radical (unpaired) electrons. The van der Waals surface area contributed by atoms with Gasteiger partial charge in [0.15, 0.2) is 0 Å². The standard InChI is InChI=1S/C16H17BrN2O/c1-10-7-8-12(15(9-10)18-3)16(20)19-14-6-4-5-13(17)11(14)2/h4-9,18H,1-3H3,(H,19,20). The smallest absolute Gasteiger partial charge is 0.257 e. The molecule has 0 aromatic heterocycles. The van der Waals surface area contributed by atoms with Gasteiger partial charge in [-0.3, -0.25) is 4.79 Å². The van der Waals surface area contributed by atoms with Crippen LogP contribution in [-0.4, -0.2) is 13.0 Å². The van der Waals surface area contributed by atoms with Crippen molar-refractivity contribution in [1.29, 1.82) is 0 Å². The molecule has 4 heteroatoms. The van der Waals surface area contributed by atoms with E-state index < -0.39 is 0 Å². The van der Waals surface area contributed by atoms with Gasteiger partial charge in [0.05, 0.1) is 5.56 Å². The van der Waals surface area contributed by atoms with E-state index in [1.165, 1.54) is 0 Å². The first-order valence-corrected chi connectivity index (χ1v) is 7.17. The van der Waals surface area contributed by atoms with E-state index in [2.05, 4.69) is 26.6 Å². The SMILES string of the molecule is CNc1cc(C)ccc1C(=O)Nc1cccc(Br)c1C. The summed E-state index contributed by atoms with van der Waals surface area (Å²) in [5, 5.41) is 6.01. The first-order valence-electron chi connectivity index (χ1n) is 6.38. The van der Waals surface area contributed by atoms with Crippen molar-refractivity contribution in [3.63, 3.8) is 0 Å². The van der Waals surface area contributed by atoms with Crippen molar-refractivity contribution >= 4 is 33.2 Å². The maximum atomic E-state index is 12.4. The van der Waals surface area contributed by atoms with E-state index >= 15 is 0 Å². The highest BCUT2D eigenvalue weighted by Crippen LogP contribution is 2.25. The molecule has 20 heavy (non-hydrogen) atoms. The average Bonchev–Trinajstić information content (AvgIpc) is 2.43. The van der Waals surface area contributed by atoms with E-state index in [0.717, 1.165) is 27.0 Å². The molecule has 104 valence electrons. The second-order valence-corrected chi connectivity index (χ2v) is 5.52. The Kier molecular flexibility index (Phi) is 4.45. The van der Waals surface area contributed by atoms with E-state index in [0.29, 0.717) is 5.56 Å². The van der Waals surface area contributed by atoms with Crippen molar-refractivity contribution < 1.29 is 4.79 Å². The Balaban J connectivity index is 2.31. The fourth-order valence-electron chi connectivity index (χ4n) is 2.00. The monoisotopic (exact) mass is 332 g/mol. The summed E-state index contributed by atoms with van der Waals surface area (Å²) in [6, 6.07) is 11.5. The Labute approximate surface area is 127 Å². The van der Waals surface area contributed by atoms with Crippen molar-refractivity contribution in [3.05, 3.63) is 57.6 Å². The molecular formula is C16H17BrN2O. The summed E-state index contributed by atoms with van der Waals surface area (Å²) in [5.41, 5.74) is 4.41. The van der Waals surface area contributed by atoms with Gasteiger partial charge in [-0.1, -0.05) is 28.1 Å². The number of amides is 1. The normalized spacial score (nSPS) is 10.2. The molecule has 2 aromatic carbocycles. The Morgan fingerprint density at radius 1 is 1.10 bits per heavy atom. The number of carbonyl (C=O) groups is 1. The van der Waals surface area contributed by atoms with E-state index in [1.807, 2.05) is 57.3 Å². The minimum Gasteiger partial charge on any atom is -0.387 e. The molecule has 0 saturated heterocycles. The quantitative estimate of drug-likeness (QED) is 0.876. The molecule has 0 spiro atoms. The Morgan fingerprint density at radius 2 is 1.85 bits per heavy atom. The molecule has 2 rings (SSSR count). The molecule has 0 aliphatic carbocycles. The summed E-state index contributed by atoms with van der Waals surface area (Å²) >= 11 is 3.47. The lowest BCUT2D eigenvalue weighted by Gasteiger charge is -2.13. The van der Waals surface area contributed by atoms with Gasteiger partial charge in [-0.05, 0) is 49.2 Å². The lowest BCUT2D eigenvalue weighted by Crippen LogP contribution is -2.15. The van der Waals surface area contributed by atoms with Crippen LogP contribution in [0.3, 0.4) is 0 Å². The van der Waals surface area contributed by atoms with Crippen molar-refractivity contribution in [3.8, 4) is 0 Å². The summed E-state index contributed by atoms with van der Waals surface area (Å²) in [4.78, 5) is 12.4. The number of rotatable bonds is 3. The fourth-order valence-corrected chi connectivity index (χ4v) is 2.36. The van der Waals surface area contributed by atoms with Crippen molar-refractivity contribution in [2.45, 2.75) is 13.8 Å². The van der Waals surface area contributed by atoms with Crippen LogP contribution in [0.25, 0.3) is 0 Å². The van der Waals surface area contributed by atoms with E-state index in [9.17, 15) is 4.79 Å². The molecule has 0 unspecified atom stereocenters. The predicted octanol–water partition coefficient (Wildman–Crippen LogP) is 4.36. The van der Waals surface area contributed by atoms with Crippen LogP contribution >= 0.6 is 15.9 Å². The van der Waals surface area contributed by atoms with Gasteiger partial charge in [-0.2, -0.15) is 0 Å². The third-order valence-corrected chi connectivity index (χ3v) is 4.06. The van der Waals surface area contributed by atoms with E-state index in [1.54, 1.807) is 0 Å². The number of hydrogen-bond acceptors (Lipinski definition) is 2. The minimum atomic E-state index is -0.115. The van der Waals surface area contributed by atoms with Crippen LogP contribution < -0.4 is 10.6 Å². The third kappa shape index (κ3) is 3.02. The molecule has 0 saturated carbocycles. The maximum absolute atomic E-state index is 12.4. The van der Waals surface area contributed by atoms with Gasteiger partial charge in [-0.25, -0.2) is 0 Å². The topological polar surface area (TPSA) is 41.1 Å². The predicted molar refractivity (Wildman–Crippen MR) is 87.6 cm³/mol. The lowest BCUT2D eigenvalue weighted by atomic mass is 10.1. The number of hydrogen-bond donors (Lipinski definition) is 2. The molecule has 3 nitrogen and oxygen atoms in total. The van der Waals surface area contributed by atoms with Crippen LogP contribution in [0, 0.1) is 13.8 Å². The molecule has 0 heterocycles. The lowest BCUT2D eigenvalue weighted by molar-refractivity contribution is 0.102. The molecule has 1 amide bonds. The highest BCUT2D eigenvalue weighted by atomic mass is 79.9. The first-order chi connectivity index (χ1) is 9.52. The van der Waals surface area contributed by atoms with E-state index in [-0.39, 0.29) is 5.91 Å². The Bertz CT molecular complexity index is 653. The van der Waals surface area contributed by atoms with Gasteiger partial charge in [0.25, 0.3) is 5.91 Å². The zero-order valence-corrected chi connectivity index (χ0v) is 13.3. The Hall–Kier alpha value is -1.81. The summed E-state index contributed by atoms with van der Waals surface area (Å²) in [6.45, 7) is 3.97. The summed E-state index contributed by atoms with van der Waals surface area (Å²) in [7, 11) is 1.82. The second-order valence-electron chi connectivity index (χ2n) is 4.67. The zero-order chi connectivity index (χ0) is 14.7. The zero-order valence-electron chi connectivity index (χ0n) is 11.8. The molecular weight excluding hydrogens is 316 g/mol. The van der Waals surface area contributed by atoms with Crippen LogP contribution in [0.2, 0.25) is 0 Å². The fraction of sp³-hybridized carbons (Fsp3) is 0.188. The van der Waals surface area contributed by atoms with Gasteiger partial charge in [0.1, 0.15) is 0 Å². The molecule has 0 fully saturated rings. The molecule has 0 aliphatic heterocycles. The van der Waals surface area contributed by atoms with Gasteiger partial charge in [-0.15, -0.1) is 0 Å². The van der Waals surface area contributed by atoms with Crippen molar-refractivity contribution in [1.82, 2.24) is 0 Å². The van der Waals surface area contributed by atoms with E-state index in [4.69, 9.17) is 0 Å². The van der Waals surface area contributed by atoms with Gasteiger partial charge < -0.3 is 10.6 Å². The highest BCUT2D eigenvalue weighted by Gasteiger charge is 2.12. The number of nitrogens with one attached hydrogen (secondary N) is 2. The minimum absolute atomic E-state index is 0.115. The number of carbonyl (C=O) groups excluding carboxylic acids is 1. The third-order valence-electron chi connectivity index (χ3n) is 3.20. The summed E-state index contributed by atoms with van der Waals surface area (Å²) < 4.78 is 0.980. The average molecular weight is 333 g/mol. The maximum Gasteiger partial charge on any atom is 0.257 e. The van der Waals surface area contributed by atoms with Gasteiger partial charge >= 0.3 is 0 Å². The van der Waals surface area contributed by atoms with Gasteiger partial charge in [0, 0.05) is 22.9 Å². The number of aryl methyl sites for hydroxylation is 1. The first kappa shape index (κ1) is 14.6. The molecule has 2 aromatic rings. The van der Waals surface area contributed by atoms with Crippen molar-refractivity contribution in [2.75, 3.05) is 17.7 Å². The van der Waals surface area contributed by atoms with Crippen LogP contribution in [0.1, 0.15) is 21.5 Å². The molecule has 2 N–H and O–H groups in total. The molecule has 0 bridgehead atoms. The summed E-state index contributed by atoms with van der Waals surface area (Å²) in [6.07, 6.45) is 0.